The smallest absolute Gasteiger partial charge is 0.254 e. The average molecular weight is 395 g/mol. The minimum Gasteiger partial charge on any atom is -0.345 e. The average Bonchev–Trinajstić information content (AvgIpc) is 3.08. The molecule has 0 spiro atoms. The zero-order chi connectivity index (χ0) is 19.1. The van der Waals surface area contributed by atoms with Crippen molar-refractivity contribution in [3.8, 4) is 0 Å². The second-order valence-corrected chi connectivity index (χ2v) is 7.15. The topological polar surface area (TPSA) is 36.4 Å². The summed E-state index contributed by atoms with van der Waals surface area (Å²) < 4.78 is 53.9. The summed E-state index contributed by atoms with van der Waals surface area (Å²) in [4.78, 5) is 20.1. The molecule has 1 aromatic heterocycles. The highest BCUT2D eigenvalue weighted by Gasteiger charge is 2.25. The van der Waals surface area contributed by atoms with Crippen LogP contribution >= 0.6 is 11.3 Å². The van der Waals surface area contributed by atoms with Crippen LogP contribution in [-0.2, 0) is 0 Å². The minimum atomic E-state index is -1.07. The highest BCUT2D eigenvalue weighted by atomic mass is 32.1. The number of hydrogen-bond donors (Lipinski definition) is 0. The van der Waals surface area contributed by atoms with Crippen LogP contribution in [0.3, 0.4) is 0 Å². The van der Waals surface area contributed by atoms with E-state index in [1.54, 1.807) is 0 Å². The molecule has 1 aliphatic rings. The summed E-state index contributed by atoms with van der Waals surface area (Å²) in [5, 5.41) is 0.550. The maximum Gasteiger partial charge on any atom is 0.254 e. The lowest BCUT2D eigenvalue weighted by Gasteiger charge is -2.34. The first-order valence-corrected chi connectivity index (χ1v) is 8.99. The van der Waals surface area contributed by atoms with Crippen molar-refractivity contribution in [2.45, 2.75) is 0 Å². The molecular weight excluding hydrogens is 382 g/mol. The van der Waals surface area contributed by atoms with Crippen LogP contribution in [0.5, 0.6) is 0 Å². The third-order valence-corrected chi connectivity index (χ3v) is 5.47. The standard InChI is InChI=1S/C18H13F4N3OS/c19-11-8-14(22)16-15(9-11)27-18(23-16)25-5-3-24(4-6-25)17(26)10-1-2-12(20)13(21)7-10/h1-2,7-9H,3-6H2. The molecule has 0 aliphatic carbocycles. The largest absolute Gasteiger partial charge is 0.345 e. The van der Waals surface area contributed by atoms with E-state index in [0.29, 0.717) is 36.0 Å². The molecule has 140 valence electrons. The molecule has 0 unspecified atom stereocenters. The van der Waals surface area contributed by atoms with Gasteiger partial charge in [-0.05, 0) is 24.3 Å². The number of rotatable bonds is 2. The predicted molar refractivity (Wildman–Crippen MR) is 94.0 cm³/mol. The van der Waals surface area contributed by atoms with Gasteiger partial charge in [-0.3, -0.25) is 4.79 Å². The van der Waals surface area contributed by atoms with Crippen molar-refractivity contribution in [1.29, 1.82) is 0 Å². The van der Waals surface area contributed by atoms with Crippen molar-refractivity contribution >= 4 is 32.6 Å². The van der Waals surface area contributed by atoms with Gasteiger partial charge in [0, 0.05) is 37.8 Å². The van der Waals surface area contributed by atoms with Gasteiger partial charge in [0.2, 0.25) is 0 Å². The number of amides is 1. The van der Waals surface area contributed by atoms with E-state index in [4.69, 9.17) is 0 Å². The van der Waals surface area contributed by atoms with E-state index in [9.17, 15) is 22.4 Å². The lowest BCUT2D eigenvalue weighted by atomic mass is 10.1. The van der Waals surface area contributed by atoms with Crippen LogP contribution in [0.4, 0.5) is 22.7 Å². The van der Waals surface area contributed by atoms with Gasteiger partial charge in [0.25, 0.3) is 5.91 Å². The molecule has 2 heterocycles. The number of hydrogen-bond acceptors (Lipinski definition) is 4. The summed E-state index contributed by atoms with van der Waals surface area (Å²) in [7, 11) is 0. The Labute approximate surface area is 155 Å². The number of carbonyl (C=O) groups is 1. The fraction of sp³-hybridized carbons (Fsp3) is 0.222. The van der Waals surface area contributed by atoms with E-state index in [0.717, 1.165) is 18.2 Å². The van der Waals surface area contributed by atoms with Crippen molar-refractivity contribution < 1.29 is 22.4 Å². The summed E-state index contributed by atoms with van der Waals surface area (Å²) >= 11 is 1.18. The first kappa shape index (κ1) is 17.7. The third-order valence-electron chi connectivity index (χ3n) is 4.41. The number of nitrogens with zero attached hydrogens (tertiary/aromatic N) is 3. The predicted octanol–water partition coefficient (Wildman–Crippen LogP) is 3.82. The number of carbonyl (C=O) groups excluding carboxylic acids is 1. The van der Waals surface area contributed by atoms with Crippen LogP contribution in [0.15, 0.2) is 30.3 Å². The summed E-state index contributed by atoms with van der Waals surface area (Å²) in [6.45, 7) is 1.59. The molecule has 0 bridgehead atoms. The van der Waals surface area contributed by atoms with Gasteiger partial charge in [-0.15, -0.1) is 0 Å². The van der Waals surface area contributed by atoms with E-state index in [1.165, 1.54) is 28.4 Å². The number of anilines is 1. The van der Waals surface area contributed by atoms with Gasteiger partial charge in [0.15, 0.2) is 22.6 Å². The molecule has 27 heavy (non-hydrogen) atoms. The molecule has 0 saturated carbocycles. The number of fused-ring (bicyclic) bond motifs is 1. The summed E-state index contributed by atoms with van der Waals surface area (Å²) in [6.07, 6.45) is 0. The van der Waals surface area contributed by atoms with E-state index < -0.39 is 23.3 Å². The summed E-state index contributed by atoms with van der Waals surface area (Å²) in [5.41, 5.74) is 0.205. The van der Waals surface area contributed by atoms with Gasteiger partial charge in [-0.25, -0.2) is 22.5 Å². The molecule has 2 aromatic carbocycles. The second-order valence-electron chi connectivity index (χ2n) is 6.14. The Balaban J connectivity index is 1.48. The summed E-state index contributed by atoms with van der Waals surface area (Å²) in [5.74, 6) is -3.82. The van der Waals surface area contributed by atoms with Gasteiger partial charge in [-0.1, -0.05) is 11.3 Å². The van der Waals surface area contributed by atoms with Crippen LogP contribution in [0, 0.1) is 23.3 Å². The maximum atomic E-state index is 13.8. The van der Waals surface area contributed by atoms with Crippen molar-refractivity contribution in [1.82, 2.24) is 9.88 Å². The molecule has 0 N–H and O–H groups in total. The molecule has 9 heteroatoms. The lowest BCUT2D eigenvalue weighted by molar-refractivity contribution is 0.0746. The Bertz CT molecular complexity index is 1030. The van der Waals surface area contributed by atoms with E-state index in [2.05, 4.69) is 4.98 Å². The Morgan fingerprint density at radius 2 is 1.67 bits per heavy atom. The van der Waals surface area contributed by atoms with Crippen LogP contribution in [-0.4, -0.2) is 42.0 Å². The van der Waals surface area contributed by atoms with Crippen molar-refractivity contribution in [2.24, 2.45) is 0 Å². The Hall–Kier alpha value is -2.68. The molecule has 4 nitrogen and oxygen atoms in total. The lowest BCUT2D eigenvalue weighted by Crippen LogP contribution is -2.48. The number of benzene rings is 2. The minimum absolute atomic E-state index is 0.0832. The van der Waals surface area contributed by atoms with E-state index >= 15 is 0 Å². The summed E-state index contributed by atoms with van der Waals surface area (Å²) in [6, 6.07) is 5.09. The molecular formula is C18H13F4N3OS. The number of thiazole rings is 1. The van der Waals surface area contributed by atoms with Crippen LogP contribution < -0.4 is 4.90 Å². The molecule has 0 atom stereocenters. The highest BCUT2D eigenvalue weighted by molar-refractivity contribution is 7.22. The number of aromatic nitrogens is 1. The SMILES string of the molecule is O=C(c1ccc(F)c(F)c1)N1CCN(c2nc3c(F)cc(F)cc3s2)CC1. The van der Waals surface area contributed by atoms with E-state index in [-0.39, 0.29) is 17.0 Å². The Morgan fingerprint density at radius 3 is 2.37 bits per heavy atom. The number of halogens is 4. The van der Waals surface area contributed by atoms with Crippen molar-refractivity contribution in [3.63, 3.8) is 0 Å². The molecule has 3 aromatic rings. The zero-order valence-corrected chi connectivity index (χ0v) is 14.7. The van der Waals surface area contributed by atoms with Crippen molar-refractivity contribution in [2.75, 3.05) is 31.1 Å². The molecule has 1 saturated heterocycles. The van der Waals surface area contributed by atoms with Crippen molar-refractivity contribution in [3.05, 3.63) is 59.2 Å². The van der Waals surface area contributed by atoms with Gasteiger partial charge in [-0.2, -0.15) is 0 Å². The normalized spacial score (nSPS) is 14.8. The number of piperazine rings is 1. The van der Waals surface area contributed by atoms with Crippen LogP contribution in [0.2, 0.25) is 0 Å². The first-order valence-electron chi connectivity index (χ1n) is 8.17. The molecule has 0 radical (unpaired) electrons. The Morgan fingerprint density at radius 1 is 0.926 bits per heavy atom. The van der Waals surface area contributed by atoms with Gasteiger partial charge >= 0.3 is 0 Å². The van der Waals surface area contributed by atoms with Gasteiger partial charge < -0.3 is 9.80 Å². The third kappa shape index (κ3) is 3.34. The fourth-order valence-corrected chi connectivity index (χ4v) is 4.05. The second kappa shape index (κ2) is 6.80. The monoisotopic (exact) mass is 395 g/mol. The fourth-order valence-electron chi connectivity index (χ4n) is 2.99. The molecule has 4 rings (SSSR count). The van der Waals surface area contributed by atoms with E-state index in [1.807, 2.05) is 4.90 Å². The van der Waals surface area contributed by atoms with Gasteiger partial charge in [0.05, 0.1) is 4.70 Å². The highest BCUT2D eigenvalue weighted by Crippen LogP contribution is 2.31. The maximum absolute atomic E-state index is 13.8. The van der Waals surface area contributed by atoms with Crippen LogP contribution in [0.25, 0.3) is 10.2 Å². The Kier molecular flexibility index (Phi) is 4.47. The quantitative estimate of drug-likeness (QED) is 0.619. The molecule has 1 aliphatic heterocycles. The molecule has 1 amide bonds. The van der Waals surface area contributed by atoms with Crippen LogP contribution in [0.1, 0.15) is 10.4 Å². The first-order chi connectivity index (χ1) is 12.9. The van der Waals surface area contributed by atoms with Gasteiger partial charge in [0.1, 0.15) is 11.3 Å². The molecule has 1 fully saturated rings. The zero-order valence-electron chi connectivity index (χ0n) is 13.9.